The summed E-state index contributed by atoms with van der Waals surface area (Å²) in [7, 11) is 0. The summed E-state index contributed by atoms with van der Waals surface area (Å²) in [5, 5.41) is 0. The molecule has 0 amide bonds. The van der Waals surface area contributed by atoms with Gasteiger partial charge in [-0.3, -0.25) is 0 Å². The first-order valence-corrected chi connectivity index (χ1v) is 12.7. The van der Waals surface area contributed by atoms with Crippen molar-refractivity contribution in [1.29, 1.82) is 0 Å². The first kappa shape index (κ1) is 16.0. The van der Waals surface area contributed by atoms with E-state index in [1.54, 1.807) is 0 Å². The minimum atomic E-state index is -2.04. The second kappa shape index (κ2) is 10.1. The molecular weight excluding hydrogens is 335 g/mol. The molecule has 0 bridgehead atoms. The topological polar surface area (TPSA) is 26.3 Å². The Hall–Kier alpha value is 0.969. The van der Waals surface area contributed by atoms with E-state index in [0.717, 1.165) is 8.87 Å². The zero-order valence-corrected chi connectivity index (χ0v) is 14.7. The van der Waals surface area contributed by atoms with E-state index in [1.807, 2.05) is 0 Å². The van der Waals surface area contributed by atoms with Crippen LogP contribution in [-0.4, -0.2) is 30.7 Å². The Morgan fingerprint density at radius 3 is 2.00 bits per heavy atom. The molecule has 0 aromatic carbocycles. The van der Waals surface area contributed by atoms with Gasteiger partial charge in [0, 0.05) is 0 Å². The Morgan fingerprint density at radius 1 is 1.20 bits per heavy atom. The molecule has 0 fully saturated rings. The number of rotatable bonds is 8. The molecule has 0 aliphatic heterocycles. The van der Waals surface area contributed by atoms with Crippen LogP contribution in [-0.2, 0) is 7.87 Å². The summed E-state index contributed by atoms with van der Waals surface area (Å²) >= 11 is 5.91. The van der Waals surface area contributed by atoms with Crippen LogP contribution in [0.25, 0.3) is 0 Å². The van der Waals surface area contributed by atoms with Crippen LogP contribution in [0.4, 0.5) is 0 Å². The molecule has 0 atom stereocenters. The van der Waals surface area contributed by atoms with Crippen molar-refractivity contribution in [2.45, 2.75) is 53.0 Å². The van der Waals surface area contributed by atoms with E-state index >= 15 is 0 Å². The summed E-state index contributed by atoms with van der Waals surface area (Å²) in [6.45, 7) is 4.34. The zero-order valence-electron chi connectivity index (χ0n) is 9.61. The molecule has 0 saturated heterocycles. The second-order valence-electron chi connectivity index (χ2n) is 3.72. The molecule has 0 N–H and O–H groups in total. The predicted octanol–water partition coefficient (Wildman–Crippen LogP) is 3.04. The maximum absolute atomic E-state index is 11.4. The quantitative estimate of drug-likeness (QED) is 0.397. The van der Waals surface area contributed by atoms with E-state index < -0.39 is 24.8 Å². The number of thiol groups is 2. The third kappa shape index (κ3) is 8.74. The third-order valence-electron chi connectivity index (χ3n) is 2.25. The molecule has 0 aromatic rings. The van der Waals surface area contributed by atoms with Gasteiger partial charge >= 0.3 is 112 Å². The van der Waals surface area contributed by atoms with Gasteiger partial charge in [0.15, 0.2) is 0 Å². The molecule has 0 aliphatic rings. The number of carbonyl (C=O) groups excluding carboxylic acids is 1. The number of hydrogen-bond acceptors (Lipinski definition) is 4. The van der Waals surface area contributed by atoms with Gasteiger partial charge in [0.1, 0.15) is 0 Å². The monoisotopic (exact) mass is 358 g/mol. The van der Waals surface area contributed by atoms with Gasteiger partial charge in [-0.1, -0.05) is 0 Å². The SMILES string of the molecule is CCC[CH2][SnH]([CH2]CCC)[O]C(=O)C(S)S. The van der Waals surface area contributed by atoms with E-state index in [0.29, 0.717) is 0 Å². The van der Waals surface area contributed by atoms with Crippen molar-refractivity contribution in [1.82, 2.24) is 0 Å². The second-order valence-corrected chi connectivity index (χ2v) is 12.7. The fraction of sp³-hybridized carbons (Fsp3) is 0.900. The standard InChI is InChI=1S/2C4H9.C2H4O2S2.Sn.H/c2*1-3-4-2;3-1(4)2(5)6;;/h2*1,3-4H2,2H3;2,5-6H,(H,3,4);;/q;;;+1;/p-1. The Kier molecular flexibility index (Phi) is 10.8. The van der Waals surface area contributed by atoms with Gasteiger partial charge in [-0.25, -0.2) is 0 Å². The summed E-state index contributed by atoms with van der Waals surface area (Å²) in [5.41, 5.74) is 0. The molecule has 2 nitrogen and oxygen atoms in total. The van der Waals surface area contributed by atoms with Crippen molar-refractivity contribution < 1.29 is 7.87 Å². The minimum absolute atomic E-state index is 0.227. The van der Waals surface area contributed by atoms with E-state index in [2.05, 4.69) is 39.1 Å². The normalized spacial score (nSPS) is 11.1. The van der Waals surface area contributed by atoms with E-state index in [9.17, 15) is 4.79 Å². The fourth-order valence-electron chi connectivity index (χ4n) is 1.35. The first-order valence-electron chi connectivity index (χ1n) is 5.68. The van der Waals surface area contributed by atoms with Crippen LogP contribution in [0.3, 0.4) is 0 Å². The Morgan fingerprint density at radius 2 is 1.67 bits per heavy atom. The first-order chi connectivity index (χ1) is 7.11. The van der Waals surface area contributed by atoms with E-state index in [1.165, 1.54) is 25.7 Å². The van der Waals surface area contributed by atoms with Crippen molar-refractivity contribution in [3.8, 4) is 0 Å². The summed E-state index contributed by atoms with van der Waals surface area (Å²) < 4.78 is 7.30. The molecule has 90 valence electrons. The van der Waals surface area contributed by atoms with Gasteiger partial charge in [-0.15, -0.1) is 0 Å². The molecule has 0 spiro atoms. The maximum atomic E-state index is 11.4. The molecule has 0 heterocycles. The van der Waals surface area contributed by atoms with Crippen LogP contribution < -0.4 is 0 Å². The molecule has 0 unspecified atom stereocenters. The van der Waals surface area contributed by atoms with Crippen molar-refractivity contribution in [3.05, 3.63) is 0 Å². The van der Waals surface area contributed by atoms with E-state index in [4.69, 9.17) is 3.07 Å². The van der Waals surface area contributed by atoms with Crippen molar-refractivity contribution in [2.75, 3.05) is 0 Å². The van der Waals surface area contributed by atoms with Crippen molar-refractivity contribution >= 4 is 51.4 Å². The van der Waals surface area contributed by atoms with Crippen LogP contribution in [0.5, 0.6) is 0 Å². The molecule has 0 saturated carbocycles. The summed E-state index contributed by atoms with van der Waals surface area (Å²) in [4.78, 5) is 11.4. The van der Waals surface area contributed by atoms with Gasteiger partial charge in [-0.2, -0.15) is 0 Å². The van der Waals surface area contributed by atoms with Crippen LogP contribution in [0.15, 0.2) is 0 Å². The molecular formula is C10H22O2S2Sn. The van der Waals surface area contributed by atoms with Gasteiger partial charge in [0.25, 0.3) is 0 Å². The van der Waals surface area contributed by atoms with Crippen molar-refractivity contribution in [3.63, 3.8) is 0 Å². The molecule has 0 radical (unpaired) electrons. The van der Waals surface area contributed by atoms with Crippen LogP contribution in [0.1, 0.15) is 39.5 Å². The van der Waals surface area contributed by atoms with Gasteiger partial charge < -0.3 is 0 Å². The number of hydrogen-bond donors (Lipinski definition) is 2. The predicted molar refractivity (Wildman–Crippen MR) is 74.4 cm³/mol. The number of carbonyl (C=O) groups is 1. The Bertz CT molecular complexity index is 169. The average molecular weight is 357 g/mol. The molecule has 0 aromatic heterocycles. The van der Waals surface area contributed by atoms with Crippen LogP contribution >= 0.6 is 25.3 Å². The molecule has 5 heteroatoms. The molecule has 0 rings (SSSR count). The van der Waals surface area contributed by atoms with E-state index in [-0.39, 0.29) is 5.97 Å². The third-order valence-corrected chi connectivity index (χ3v) is 10.3. The van der Waals surface area contributed by atoms with Gasteiger partial charge in [-0.05, 0) is 0 Å². The summed E-state index contributed by atoms with van der Waals surface area (Å²) in [6, 6.07) is 0. The van der Waals surface area contributed by atoms with Gasteiger partial charge in [0.05, 0.1) is 0 Å². The van der Waals surface area contributed by atoms with Gasteiger partial charge in [0.2, 0.25) is 0 Å². The zero-order chi connectivity index (χ0) is 11.7. The molecule has 0 aliphatic carbocycles. The fourth-order valence-corrected chi connectivity index (χ4v) is 9.88. The van der Waals surface area contributed by atoms with Crippen LogP contribution in [0, 0.1) is 0 Å². The Balaban J connectivity index is 3.93. The number of unbranched alkanes of at least 4 members (excludes halogenated alkanes) is 2. The summed E-state index contributed by atoms with van der Waals surface area (Å²) in [5.74, 6) is -0.227. The summed E-state index contributed by atoms with van der Waals surface area (Å²) in [6.07, 6.45) is 4.76. The van der Waals surface area contributed by atoms with Crippen LogP contribution in [0.2, 0.25) is 8.87 Å². The van der Waals surface area contributed by atoms with Crippen molar-refractivity contribution in [2.24, 2.45) is 0 Å². The average Bonchev–Trinajstić information content (AvgIpc) is 2.21. The molecule has 15 heavy (non-hydrogen) atoms. The Labute approximate surface area is 112 Å².